The van der Waals surface area contributed by atoms with Crippen LogP contribution in [0.2, 0.25) is 0 Å². The summed E-state index contributed by atoms with van der Waals surface area (Å²) in [7, 11) is 0. The van der Waals surface area contributed by atoms with E-state index in [0.29, 0.717) is 42.6 Å². The number of carbonyl (C=O) groups is 2. The van der Waals surface area contributed by atoms with Crippen molar-refractivity contribution in [3.8, 4) is 17.2 Å². The van der Waals surface area contributed by atoms with Crippen molar-refractivity contribution in [3.05, 3.63) is 17.7 Å². The largest absolute Gasteiger partial charge is 0.493 e. The number of rotatable bonds is 58. The Bertz CT molecular complexity index is 1150. The van der Waals surface area contributed by atoms with E-state index in [1.54, 1.807) is 0 Å². The standard InChI is InChI=1S/C64H118O5/c1-4-7-10-13-16-19-22-25-28-31-34-37-40-43-46-49-55-67-60-58-62(68-56-50-47-44-41-38-35-32-29-26-23-20-17-14-11-8-5-2)64(61(66)53-52-54-65)63(59-60)69-57-51-48-45-42-39-36-33-30-27-24-21-18-15-12-9-6-3/h54,58-59H,4-53,55-57H2,1-3H3. The van der Waals surface area contributed by atoms with Crippen LogP contribution in [0.15, 0.2) is 12.1 Å². The van der Waals surface area contributed by atoms with Crippen molar-refractivity contribution in [2.45, 2.75) is 342 Å². The molecule has 0 heterocycles. The molecule has 0 spiro atoms. The number of unbranched alkanes of at least 4 members (excludes halogenated alkanes) is 45. The Morgan fingerprint density at radius 2 is 0.551 bits per heavy atom. The highest BCUT2D eigenvalue weighted by atomic mass is 16.5. The van der Waals surface area contributed by atoms with E-state index in [1.807, 2.05) is 12.1 Å². The van der Waals surface area contributed by atoms with Crippen LogP contribution in [0.4, 0.5) is 0 Å². The van der Waals surface area contributed by atoms with Crippen molar-refractivity contribution in [3.63, 3.8) is 0 Å². The second-order valence-corrected chi connectivity index (χ2v) is 21.4. The number of carbonyl (C=O) groups excluding carboxylic acids is 2. The molecular weight excluding hydrogens is 849 g/mol. The molecule has 5 nitrogen and oxygen atoms in total. The van der Waals surface area contributed by atoms with E-state index >= 15 is 0 Å². The molecule has 1 aromatic carbocycles. The van der Waals surface area contributed by atoms with E-state index in [0.717, 1.165) is 38.4 Å². The van der Waals surface area contributed by atoms with Crippen molar-refractivity contribution in [2.24, 2.45) is 0 Å². The maximum Gasteiger partial charge on any atom is 0.170 e. The van der Waals surface area contributed by atoms with Crippen LogP contribution in [0.5, 0.6) is 17.2 Å². The zero-order chi connectivity index (χ0) is 49.6. The molecule has 0 aliphatic heterocycles. The molecule has 0 saturated carbocycles. The van der Waals surface area contributed by atoms with Crippen LogP contribution in [0.1, 0.15) is 352 Å². The minimum absolute atomic E-state index is 0.0876. The third-order valence-corrected chi connectivity index (χ3v) is 14.6. The summed E-state index contributed by atoms with van der Waals surface area (Å²) in [4.78, 5) is 25.0. The van der Waals surface area contributed by atoms with E-state index in [1.165, 1.54) is 276 Å². The van der Waals surface area contributed by atoms with Crippen molar-refractivity contribution < 1.29 is 23.8 Å². The van der Waals surface area contributed by atoms with Crippen molar-refractivity contribution in [2.75, 3.05) is 19.8 Å². The van der Waals surface area contributed by atoms with Gasteiger partial charge in [-0.05, 0) is 19.3 Å². The molecule has 0 N–H and O–H groups in total. The maximum atomic E-state index is 13.7. The van der Waals surface area contributed by atoms with Gasteiger partial charge in [0.15, 0.2) is 5.78 Å². The van der Waals surface area contributed by atoms with Gasteiger partial charge in [0, 0.05) is 25.0 Å². The van der Waals surface area contributed by atoms with Crippen LogP contribution in [-0.4, -0.2) is 31.9 Å². The lowest BCUT2D eigenvalue weighted by atomic mass is 10.0. The van der Waals surface area contributed by atoms with Gasteiger partial charge >= 0.3 is 0 Å². The highest BCUT2D eigenvalue weighted by molar-refractivity contribution is 6.02. The Labute approximate surface area is 430 Å². The predicted molar refractivity (Wildman–Crippen MR) is 301 cm³/mol. The van der Waals surface area contributed by atoms with E-state index in [2.05, 4.69) is 20.8 Å². The smallest absolute Gasteiger partial charge is 0.170 e. The summed E-state index contributed by atoms with van der Waals surface area (Å²) < 4.78 is 19.3. The lowest BCUT2D eigenvalue weighted by Gasteiger charge is -2.18. The topological polar surface area (TPSA) is 61.8 Å². The molecule has 0 aromatic heterocycles. The number of hydrogen-bond acceptors (Lipinski definition) is 5. The Morgan fingerprint density at radius 1 is 0.333 bits per heavy atom. The number of ketones is 1. The molecule has 5 heteroatoms. The zero-order valence-corrected chi connectivity index (χ0v) is 46.7. The van der Waals surface area contributed by atoms with Gasteiger partial charge in [0.05, 0.1) is 19.8 Å². The summed E-state index contributed by atoms with van der Waals surface area (Å²) >= 11 is 0. The molecule has 0 unspecified atom stereocenters. The fourth-order valence-electron chi connectivity index (χ4n) is 9.97. The van der Waals surface area contributed by atoms with Gasteiger partial charge in [-0.2, -0.15) is 0 Å². The quantitative estimate of drug-likeness (QED) is 0.0370. The lowest BCUT2D eigenvalue weighted by molar-refractivity contribution is -0.107. The van der Waals surface area contributed by atoms with Crippen molar-refractivity contribution in [1.29, 1.82) is 0 Å². The van der Waals surface area contributed by atoms with Crippen LogP contribution in [0.25, 0.3) is 0 Å². The molecule has 0 saturated heterocycles. The van der Waals surface area contributed by atoms with Gasteiger partial charge in [-0.1, -0.05) is 310 Å². The summed E-state index contributed by atoms with van der Waals surface area (Å²) in [5.74, 6) is 1.74. The van der Waals surface area contributed by atoms with Crippen LogP contribution in [-0.2, 0) is 4.79 Å². The fraction of sp³-hybridized carbons (Fsp3) is 0.875. The summed E-state index contributed by atoms with van der Waals surface area (Å²) in [5.41, 5.74) is 0.486. The van der Waals surface area contributed by atoms with Crippen LogP contribution >= 0.6 is 0 Å². The zero-order valence-electron chi connectivity index (χ0n) is 46.7. The Morgan fingerprint density at radius 3 is 0.783 bits per heavy atom. The third-order valence-electron chi connectivity index (χ3n) is 14.6. The molecule has 0 aliphatic carbocycles. The minimum atomic E-state index is -0.0876. The van der Waals surface area contributed by atoms with E-state index < -0.39 is 0 Å². The molecule has 0 amide bonds. The monoisotopic (exact) mass is 967 g/mol. The second-order valence-electron chi connectivity index (χ2n) is 21.4. The van der Waals surface area contributed by atoms with Gasteiger partial charge in [0.1, 0.15) is 29.1 Å². The highest BCUT2D eigenvalue weighted by Gasteiger charge is 2.21. The maximum absolute atomic E-state index is 13.7. The van der Waals surface area contributed by atoms with Gasteiger partial charge < -0.3 is 19.0 Å². The first-order chi connectivity index (χ1) is 34.2. The van der Waals surface area contributed by atoms with Crippen LogP contribution in [0.3, 0.4) is 0 Å². The number of benzene rings is 1. The lowest BCUT2D eigenvalue weighted by Crippen LogP contribution is -2.11. The van der Waals surface area contributed by atoms with Gasteiger partial charge in [0.25, 0.3) is 0 Å². The van der Waals surface area contributed by atoms with Crippen LogP contribution < -0.4 is 14.2 Å². The summed E-state index contributed by atoms with van der Waals surface area (Å²) in [5, 5.41) is 0. The Balaban J connectivity index is 2.57. The fourth-order valence-corrected chi connectivity index (χ4v) is 9.97. The van der Waals surface area contributed by atoms with Gasteiger partial charge in [-0.25, -0.2) is 0 Å². The summed E-state index contributed by atoms with van der Waals surface area (Å²) in [6.45, 7) is 8.65. The molecule has 0 bridgehead atoms. The number of hydrogen-bond donors (Lipinski definition) is 0. The first-order valence-corrected chi connectivity index (χ1v) is 31.2. The molecule has 0 radical (unpaired) electrons. The molecule has 1 rings (SSSR count). The van der Waals surface area contributed by atoms with E-state index in [9.17, 15) is 9.59 Å². The number of aldehydes is 1. The summed E-state index contributed by atoms with van der Waals surface area (Å²) in [6, 6.07) is 3.82. The average molecular weight is 968 g/mol. The Kier molecular flexibility index (Phi) is 50.6. The SMILES string of the molecule is CCCCCCCCCCCCCCCCCCOc1cc(OCCCCCCCCCCCCCCCCCC)c(C(=O)CCC=O)c(OCCCCCCCCCCCCCCCCCC)c1. The first-order valence-electron chi connectivity index (χ1n) is 31.2. The minimum Gasteiger partial charge on any atom is -0.493 e. The molecule has 0 fully saturated rings. The van der Waals surface area contributed by atoms with Gasteiger partial charge in [0.2, 0.25) is 0 Å². The molecule has 0 aliphatic rings. The van der Waals surface area contributed by atoms with Gasteiger partial charge in [-0.15, -0.1) is 0 Å². The third kappa shape index (κ3) is 43.3. The molecule has 69 heavy (non-hydrogen) atoms. The highest BCUT2D eigenvalue weighted by Crippen LogP contribution is 2.36. The molecule has 404 valence electrons. The summed E-state index contributed by atoms with van der Waals surface area (Å²) in [6.07, 6.45) is 65.3. The van der Waals surface area contributed by atoms with E-state index in [-0.39, 0.29) is 18.6 Å². The predicted octanol–water partition coefficient (Wildman–Crippen LogP) is 21.8. The van der Waals surface area contributed by atoms with E-state index in [4.69, 9.17) is 14.2 Å². The van der Waals surface area contributed by atoms with Crippen molar-refractivity contribution >= 4 is 12.1 Å². The number of ether oxygens (including phenoxy) is 3. The Hall–Kier alpha value is -2.04. The molecule has 1 aromatic rings. The normalized spacial score (nSPS) is 11.4. The first kappa shape index (κ1) is 65.0. The van der Waals surface area contributed by atoms with Crippen molar-refractivity contribution in [1.82, 2.24) is 0 Å². The second kappa shape index (κ2) is 53.8. The molecule has 0 atom stereocenters. The number of Topliss-reactive ketones (excluding diaryl/α,β-unsaturated/α-hetero) is 1. The van der Waals surface area contributed by atoms with Gasteiger partial charge in [-0.3, -0.25) is 4.79 Å². The van der Waals surface area contributed by atoms with Crippen LogP contribution in [0, 0.1) is 0 Å². The average Bonchev–Trinajstić information content (AvgIpc) is 3.36. The molecular formula is C64H118O5.